The molecular formula is C28H35Cl2NO2. The lowest BCUT2D eigenvalue weighted by atomic mass is 9.48. The van der Waals surface area contributed by atoms with Crippen molar-refractivity contribution in [3.05, 3.63) is 57.6 Å². The van der Waals surface area contributed by atoms with Gasteiger partial charge < -0.3 is 14.8 Å². The molecule has 3 nitrogen and oxygen atoms in total. The summed E-state index contributed by atoms with van der Waals surface area (Å²) in [7, 11) is 0. The zero-order valence-corrected chi connectivity index (χ0v) is 21.2. The lowest BCUT2D eigenvalue weighted by Crippen LogP contribution is -2.54. The van der Waals surface area contributed by atoms with Gasteiger partial charge in [-0.3, -0.25) is 0 Å². The molecule has 4 aliphatic carbocycles. The molecule has 6 rings (SSSR count). The summed E-state index contributed by atoms with van der Waals surface area (Å²) in [5.41, 5.74) is 2.54. The van der Waals surface area contributed by atoms with E-state index in [1.807, 2.05) is 37.3 Å². The minimum atomic E-state index is 0.347. The van der Waals surface area contributed by atoms with Crippen LogP contribution in [0.4, 0.5) is 0 Å². The van der Waals surface area contributed by atoms with Crippen molar-refractivity contribution in [2.75, 3.05) is 6.61 Å². The summed E-state index contributed by atoms with van der Waals surface area (Å²) in [4.78, 5) is 0. The van der Waals surface area contributed by atoms with Crippen LogP contribution in [0.2, 0.25) is 10.0 Å². The summed E-state index contributed by atoms with van der Waals surface area (Å²) in [5, 5.41) is 5.13. The van der Waals surface area contributed by atoms with Gasteiger partial charge in [0.1, 0.15) is 6.61 Å². The van der Waals surface area contributed by atoms with Gasteiger partial charge in [0.2, 0.25) is 0 Å². The van der Waals surface area contributed by atoms with E-state index in [1.54, 1.807) is 0 Å². The van der Waals surface area contributed by atoms with Crippen LogP contribution in [0.15, 0.2) is 36.4 Å². The molecule has 4 fully saturated rings. The Labute approximate surface area is 208 Å². The molecular weight excluding hydrogens is 453 g/mol. The van der Waals surface area contributed by atoms with Crippen LogP contribution in [0.25, 0.3) is 0 Å². The molecule has 1 atom stereocenters. The van der Waals surface area contributed by atoms with Gasteiger partial charge in [-0.25, -0.2) is 0 Å². The topological polar surface area (TPSA) is 30.5 Å². The van der Waals surface area contributed by atoms with E-state index in [1.165, 1.54) is 38.5 Å². The second kappa shape index (κ2) is 9.68. The van der Waals surface area contributed by atoms with Crippen molar-refractivity contribution in [3.8, 4) is 11.5 Å². The Balaban J connectivity index is 1.27. The first-order valence-corrected chi connectivity index (χ1v) is 13.3. The number of rotatable bonds is 9. The first-order chi connectivity index (χ1) is 16.0. The van der Waals surface area contributed by atoms with E-state index in [0.717, 1.165) is 35.4 Å². The molecule has 5 heteroatoms. The standard InChI is InChI=1S/C28H35Cl2NO2/c1-3-32-26-12-22(11-25(30)27(26)33-17-23-6-4-5-7-24(23)29)16-31-18(2)28-13-19-8-20(14-28)10-21(9-19)15-28/h4-7,11-12,18-21,31H,3,8-10,13-17H2,1-2H3/t18-,19?,20?,21?,28?/m1/s1. The lowest BCUT2D eigenvalue weighted by molar-refractivity contribution is -0.0706. The first kappa shape index (κ1) is 23.3. The molecule has 0 aromatic heterocycles. The van der Waals surface area contributed by atoms with Gasteiger partial charge in [-0.1, -0.05) is 41.4 Å². The summed E-state index contributed by atoms with van der Waals surface area (Å²) in [6.07, 6.45) is 8.67. The molecule has 2 aromatic rings. The molecule has 0 spiro atoms. The molecule has 0 saturated heterocycles. The van der Waals surface area contributed by atoms with Crippen LogP contribution in [-0.4, -0.2) is 12.6 Å². The number of nitrogens with one attached hydrogen (secondary N) is 1. The van der Waals surface area contributed by atoms with E-state index in [9.17, 15) is 0 Å². The quantitative estimate of drug-likeness (QED) is 0.393. The molecule has 0 aliphatic heterocycles. The average Bonchev–Trinajstić information content (AvgIpc) is 2.77. The first-order valence-electron chi connectivity index (χ1n) is 12.5. The maximum absolute atomic E-state index is 6.68. The Morgan fingerprint density at radius 2 is 1.64 bits per heavy atom. The average molecular weight is 488 g/mol. The van der Waals surface area contributed by atoms with Crippen molar-refractivity contribution < 1.29 is 9.47 Å². The Morgan fingerprint density at radius 3 is 2.27 bits per heavy atom. The Kier molecular flexibility index (Phi) is 6.84. The third-order valence-corrected chi connectivity index (χ3v) is 8.97. The van der Waals surface area contributed by atoms with E-state index in [2.05, 4.69) is 18.3 Å². The normalized spacial score (nSPS) is 28.7. The molecule has 1 N–H and O–H groups in total. The van der Waals surface area contributed by atoms with E-state index in [4.69, 9.17) is 32.7 Å². The van der Waals surface area contributed by atoms with E-state index >= 15 is 0 Å². The Morgan fingerprint density at radius 1 is 0.970 bits per heavy atom. The van der Waals surface area contributed by atoms with Crippen LogP contribution < -0.4 is 14.8 Å². The van der Waals surface area contributed by atoms with Crippen LogP contribution in [0, 0.1) is 23.2 Å². The third kappa shape index (κ3) is 4.88. The fraction of sp³-hybridized carbons (Fsp3) is 0.571. The molecule has 178 valence electrons. The summed E-state index contributed by atoms with van der Waals surface area (Å²) >= 11 is 13.0. The number of halogens is 2. The highest BCUT2D eigenvalue weighted by Gasteiger charge is 2.52. The van der Waals surface area contributed by atoms with Crippen LogP contribution in [0.5, 0.6) is 11.5 Å². The minimum absolute atomic E-state index is 0.347. The number of hydrogen-bond acceptors (Lipinski definition) is 3. The molecule has 0 unspecified atom stereocenters. The van der Waals surface area contributed by atoms with Crippen molar-refractivity contribution >= 4 is 23.2 Å². The van der Waals surface area contributed by atoms with Crippen molar-refractivity contribution in [1.29, 1.82) is 0 Å². The number of hydrogen-bond donors (Lipinski definition) is 1. The van der Waals surface area contributed by atoms with E-state index in [0.29, 0.717) is 46.2 Å². The number of benzene rings is 2. The molecule has 4 saturated carbocycles. The van der Waals surface area contributed by atoms with Gasteiger partial charge in [0.25, 0.3) is 0 Å². The van der Waals surface area contributed by atoms with Gasteiger partial charge in [0.05, 0.1) is 11.6 Å². The van der Waals surface area contributed by atoms with Crippen molar-refractivity contribution in [3.63, 3.8) is 0 Å². The van der Waals surface area contributed by atoms with Gasteiger partial charge in [-0.05, 0) is 99.3 Å². The van der Waals surface area contributed by atoms with Crippen molar-refractivity contribution in [1.82, 2.24) is 5.32 Å². The zero-order chi connectivity index (χ0) is 23.0. The van der Waals surface area contributed by atoms with Gasteiger partial charge in [0.15, 0.2) is 11.5 Å². The lowest BCUT2D eigenvalue weighted by Gasteiger charge is -2.59. The summed E-state index contributed by atoms with van der Waals surface area (Å²) in [5.74, 6) is 4.17. The SMILES string of the molecule is CCOc1cc(CN[C@H](C)C23CC4CC(CC(C4)C2)C3)cc(Cl)c1OCc1ccccc1Cl. The van der Waals surface area contributed by atoms with E-state index in [-0.39, 0.29) is 0 Å². The predicted molar refractivity (Wildman–Crippen MR) is 135 cm³/mol. The fourth-order valence-corrected chi connectivity index (χ4v) is 7.57. The summed E-state index contributed by atoms with van der Waals surface area (Å²) in [6, 6.07) is 12.3. The van der Waals surface area contributed by atoms with Crippen LogP contribution >= 0.6 is 23.2 Å². The van der Waals surface area contributed by atoms with E-state index < -0.39 is 0 Å². The molecule has 33 heavy (non-hydrogen) atoms. The highest BCUT2D eigenvalue weighted by Crippen LogP contribution is 2.61. The third-order valence-electron chi connectivity index (χ3n) is 8.32. The smallest absolute Gasteiger partial charge is 0.180 e. The van der Waals surface area contributed by atoms with Gasteiger partial charge in [-0.15, -0.1) is 0 Å². The van der Waals surface area contributed by atoms with Gasteiger partial charge >= 0.3 is 0 Å². The minimum Gasteiger partial charge on any atom is -0.490 e. The zero-order valence-electron chi connectivity index (χ0n) is 19.7. The van der Waals surface area contributed by atoms with Crippen LogP contribution in [0.3, 0.4) is 0 Å². The maximum Gasteiger partial charge on any atom is 0.180 e. The highest BCUT2D eigenvalue weighted by molar-refractivity contribution is 6.32. The van der Waals surface area contributed by atoms with Gasteiger partial charge in [0, 0.05) is 23.2 Å². The predicted octanol–water partition coefficient (Wildman–Crippen LogP) is 7.67. The highest BCUT2D eigenvalue weighted by atomic mass is 35.5. The monoisotopic (exact) mass is 487 g/mol. The molecule has 0 heterocycles. The second-order valence-electron chi connectivity index (χ2n) is 10.6. The molecule has 0 amide bonds. The Bertz CT molecular complexity index is 957. The van der Waals surface area contributed by atoms with Crippen molar-refractivity contribution in [2.24, 2.45) is 23.2 Å². The molecule has 4 aliphatic rings. The Hall–Kier alpha value is -1.42. The van der Waals surface area contributed by atoms with Gasteiger partial charge in [-0.2, -0.15) is 0 Å². The molecule has 2 aromatic carbocycles. The van der Waals surface area contributed by atoms with Crippen molar-refractivity contribution in [2.45, 2.75) is 71.6 Å². The largest absolute Gasteiger partial charge is 0.490 e. The summed E-state index contributed by atoms with van der Waals surface area (Å²) < 4.78 is 12.0. The summed E-state index contributed by atoms with van der Waals surface area (Å²) in [6.45, 7) is 6.07. The second-order valence-corrected chi connectivity index (χ2v) is 11.4. The maximum atomic E-state index is 6.68. The molecule has 0 radical (unpaired) electrons. The van der Waals surface area contributed by atoms with Crippen LogP contribution in [-0.2, 0) is 13.2 Å². The fourth-order valence-electron chi connectivity index (χ4n) is 7.09. The number of ether oxygens (including phenoxy) is 2. The molecule has 4 bridgehead atoms. The van der Waals surface area contributed by atoms with Crippen LogP contribution in [0.1, 0.15) is 63.5 Å².